The molecule has 0 amide bonds. The van der Waals surface area contributed by atoms with Crippen LogP contribution >= 0.6 is 0 Å². The normalized spacial score (nSPS) is 11.1. The van der Waals surface area contributed by atoms with Crippen molar-refractivity contribution in [2.45, 2.75) is 6.42 Å². The van der Waals surface area contributed by atoms with Crippen LogP contribution in [-0.4, -0.2) is 41.5 Å². The molecule has 18 heavy (non-hydrogen) atoms. The second-order valence-corrected chi connectivity index (χ2v) is 4.41. The van der Waals surface area contributed by atoms with Gasteiger partial charge < -0.3 is 14.8 Å². The quantitative estimate of drug-likeness (QED) is 0.897. The van der Waals surface area contributed by atoms with Crippen LogP contribution in [0.5, 0.6) is 0 Å². The van der Waals surface area contributed by atoms with Crippen LogP contribution in [0.4, 0.5) is 4.79 Å². The first kappa shape index (κ1) is 12.4. The van der Waals surface area contributed by atoms with Gasteiger partial charge in [0.15, 0.2) is 0 Å². The van der Waals surface area contributed by atoms with E-state index in [4.69, 9.17) is 9.94 Å². The highest BCUT2D eigenvalue weighted by atomic mass is 16.8. The van der Waals surface area contributed by atoms with E-state index in [0.717, 1.165) is 29.4 Å². The van der Waals surface area contributed by atoms with Crippen molar-refractivity contribution in [3.8, 4) is 0 Å². The van der Waals surface area contributed by atoms with E-state index in [1.807, 2.05) is 38.4 Å². The zero-order valence-electron chi connectivity index (χ0n) is 10.5. The maximum Gasteiger partial charge on any atom is 0.531 e. The van der Waals surface area contributed by atoms with Gasteiger partial charge in [-0.05, 0) is 32.1 Å². The maximum atomic E-state index is 10.6. The van der Waals surface area contributed by atoms with Gasteiger partial charge in [0.25, 0.3) is 0 Å². The summed E-state index contributed by atoms with van der Waals surface area (Å²) in [6.45, 7) is 0.904. The lowest BCUT2D eigenvalue weighted by Crippen LogP contribution is -2.16. The Kier molecular flexibility index (Phi) is 3.53. The van der Waals surface area contributed by atoms with Crippen LogP contribution in [0, 0.1) is 0 Å². The summed E-state index contributed by atoms with van der Waals surface area (Å²) < 4.78 is 1.31. The number of nitrogens with zero attached hydrogens (tertiary/aromatic N) is 2. The van der Waals surface area contributed by atoms with Crippen molar-refractivity contribution in [3.63, 3.8) is 0 Å². The van der Waals surface area contributed by atoms with Crippen LogP contribution in [0.15, 0.2) is 30.5 Å². The topological polar surface area (TPSA) is 54.7 Å². The van der Waals surface area contributed by atoms with Crippen LogP contribution in [0.2, 0.25) is 0 Å². The predicted octanol–water partition coefficient (Wildman–Crippen LogP) is 1.85. The van der Waals surface area contributed by atoms with E-state index in [2.05, 4.69) is 4.90 Å². The Hall–Kier alpha value is -2.01. The number of likely N-dealkylation sites (N-methyl/N-ethyl adjacent to an activating group) is 1. The summed E-state index contributed by atoms with van der Waals surface area (Å²) in [7, 11) is 4.01. The molecule has 0 saturated heterocycles. The van der Waals surface area contributed by atoms with Gasteiger partial charge in [-0.3, -0.25) is 0 Å². The highest BCUT2D eigenvalue weighted by Crippen LogP contribution is 2.21. The van der Waals surface area contributed by atoms with E-state index in [1.54, 1.807) is 6.20 Å². The predicted molar refractivity (Wildman–Crippen MR) is 68.8 cm³/mol. The minimum atomic E-state index is -1.31. The van der Waals surface area contributed by atoms with Crippen molar-refractivity contribution in [2.75, 3.05) is 20.6 Å². The number of rotatable bonds is 4. The molecule has 1 aromatic heterocycles. The van der Waals surface area contributed by atoms with E-state index >= 15 is 0 Å². The third-order valence-electron chi connectivity index (χ3n) is 2.77. The van der Waals surface area contributed by atoms with Crippen molar-refractivity contribution < 1.29 is 14.7 Å². The van der Waals surface area contributed by atoms with Crippen LogP contribution in [-0.2, 0) is 6.42 Å². The molecule has 0 aliphatic rings. The fourth-order valence-electron chi connectivity index (χ4n) is 1.92. The number of carbonyl (C=O) groups is 1. The summed E-state index contributed by atoms with van der Waals surface area (Å²) in [5, 5.41) is 9.73. The van der Waals surface area contributed by atoms with Crippen molar-refractivity contribution in [1.29, 1.82) is 0 Å². The van der Waals surface area contributed by atoms with Crippen LogP contribution < -0.4 is 4.84 Å². The van der Waals surface area contributed by atoms with E-state index < -0.39 is 6.16 Å². The SMILES string of the molecule is CN(C)CCc1cn(OC(=O)O)c2ccccc12. The third-order valence-corrected chi connectivity index (χ3v) is 2.77. The van der Waals surface area contributed by atoms with Crippen LogP contribution in [0.3, 0.4) is 0 Å². The molecule has 2 aromatic rings. The summed E-state index contributed by atoms with van der Waals surface area (Å²) in [5.74, 6) is 0. The molecule has 0 aliphatic carbocycles. The fourth-order valence-corrected chi connectivity index (χ4v) is 1.92. The van der Waals surface area contributed by atoms with Gasteiger partial charge in [0, 0.05) is 18.1 Å². The largest absolute Gasteiger partial charge is 0.531 e. The first-order valence-electron chi connectivity index (χ1n) is 5.73. The number of benzene rings is 1. The molecule has 0 spiro atoms. The molecule has 0 unspecified atom stereocenters. The smallest absolute Gasteiger partial charge is 0.448 e. The van der Waals surface area contributed by atoms with E-state index in [9.17, 15) is 4.79 Å². The minimum Gasteiger partial charge on any atom is -0.448 e. The van der Waals surface area contributed by atoms with Crippen molar-refractivity contribution in [1.82, 2.24) is 9.63 Å². The summed E-state index contributed by atoms with van der Waals surface area (Å²) in [6.07, 6.45) is 1.28. The molecule has 0 bridgehead atoms. The summed E-state index contributed by atoms with van der Waals surface area (Å²) >= 11 is 0. The molecule has 0 saturated carbocycles. The molecule has 5 heteroatoms. The molecule has 1 N–H and O–H groups in total. The zero-order chi connectivity index (χ0) is 13.1. The Balaban J connectivity index is 2.37. The second kappa shape index (κ2) is 5.10. The van der Waals surface area contributed by atoms with Gasteiger partial charge in [-0.2, -0.15) is 4.73 Å². The Morgan fingerprint density at radius 2 is 2.11 bits per heavy atom. The molecule has 0 aliphatic heterocycles. The molecule has 1 heterocycles. The van der Waals surface area contributed by atoms with Crippen molar-refractivity contribution in [2.24, 2.45) is 0 Å². The van der Waals surface area contributed by atoms with Gasteiger partial charge in [0.1, 0.15) is 0 Å². The lowest BCUT2D eigenvalue weighted by molar-refractivity contribution is 0.0861. The van der Waals surface area contributed by atoms with E-state index in [1.165, 1.54) is 4.73 Å². The number of hydrogen-bond donors (Lipinski definition) is 1. The van der Waals surface area contributed by atoms with Crippen molar-refractivity contribution >= 4 is 17.1 Å². The molecule has 2 rings (SSSR count). The molecule has 0 atom stereocenters. The molecular weight excluding hydrogens is 232 g/mol. The number of fused-ring (bicyclic) bond motifs is 1. The Bertz CT molecular complexity index is 560. The maximum absolute atomic E-state index is 10.6. The lowest BCUT2D eigenvalue weighted by Gasteiger charge is -2.07. The van der Waals surface area contributed by atoms with E-state index in [0.29, 0.717) is 0 Å². The van der Waals surface area contributed by atoms with Gasteiger partial charge >= 0.3 is 6.16 Å². The minimum absolute atomic E-state index is 0.772. The van der Waals surface area contributed by atoms with Gasteiger partial charge in [-0.15, -0.1) is 0 Å². The molecular formula is C13H16N2O3. The third kappa shape index (κ3) is 2.62. The van der Waals surface area contributed by atoms with Gasteiger partial charge in [-0.1, -0.05) is 18.2 Å². The number of para-hydroxylation sites is 1. The highest BCUT2D eigenvalue weighted by molar-refractivity contribution is 5.84. The number of aromatic nitrogens is 1. The van der Waals surface area contributed by atoms with Gasteiger partial charge in [0.2, 0.25) is 0 Å². The average molecular weight is 248 g/mol. The number of hydrogen-bond acceptors (Lipinski definition) is 3. The average Bonchev–Trinajstić information content (AvgIpc) is 2.65. The molecule has 96 valence electrons. The summed E-state index contributed by atoms with van der Waals surface area (Å²) in [6, 6.07) is 7.62. The monoisotopic (exact) mass is 248 g/mol. The van der Waals surface area contributed by atoms with Crippen LogP contribution in [0.1, 0.15) is 5.56 Å². The lowest BCUT2D eigenvalue weighted by atomic mass is 10.1. The van der Waals surface area contributed by atoms with Gasteiger partial charge in [0.05, 0.1) is 5.52 Å². The standard InChI is InChI=1S/C13H16N2O3/c1-14(2)8-7-10-9-15(18-13(16)17)12-6-4-3-5-11(10)12/h3-6,9H,7-8H2,1-2H3,(H,16,17). The molecule has 0 radical (unpaired) electrons. The summed E-state index contributed by atoms with van der Waals surface area (Å²) in [4.78, 5) is 17.5. The molecule has 1 aromatic carbocycles. The zero-order valence-corrected chi connectivity index (χ0v) is 10.5. The van der Waals surface area contributed by atoms with Gasteiger partial charge in [-0.25, -0.2) is 4.79 Å². The Morgan fingerprint density at radius 1 is 1.39 bits per heavy atom. The Labute approximate surface area is 105 Å². The highest BCUT2D eigenvalue weighted by Gasteiger charge is 2.11. The molecule has 5 nitrogen and oxygen atoms in total. The first-order valence-corrected chi connectivity index (χ1v) is 5.73. The summed E-state index contributed by atoms with van der Waals surface area (Å²) in [5.41, 5.74) is 1.86. The van der Waals surface area contributed by atoms with Crippen LogP contribution in [0.25, 0.3) is 10.9 Å². The van der Waals surface area contributed by atoms with E-state index in [-0.39, 0.29) is 0 Å². The second-order valence-electron chi connectivity index (χ2n) is 4.41. The fraction of sp³-hybridized carbons (Fsp3) is 0.308. The first-order chi connectivity index (χ1) is 8.58. The molecule has 0 fully saturated rings. The Morgan fingerprint density at radius 3 is 2.78 bits per heavy atom. The number of carboxylic acid groups (broad SMARTS) is 1. The van der Waals surface area contributed by atoms with Crippen molar-refractivity contribution in [3.05, 3.63) is 36.0 Å².